The van der Waals surface area contributed by atoms with Crippen molar-refractivity contribution in [2.75, 3.05) is 0 Å². The van der Waals surface area contributed by atoms with Crippen LogP contribution in [0.3, 0.4) is 0 Å². The standard InChI is InChI=1S/C11H13NO4S/c1-11(2,3)16-10(15)6-4-9(14)17-8-5-7(13)12(6)8/h5-6H,4H2,1-3H3. The molecule has 0 N–H and O–H groups in total. The maximum Gasteiger partial charge on any atom is 0.330 e. The number of amides is 1. The van der Waals surface area contributed by atoms with Crippen molar-refractivity contribution in [1.82, 2.24) is 4.90 Å². The minimum absolute atomic E-state index is 0.0165. The van der Waals surface area contributed by atoms with Gasteiger partial charge in [0.15, 0.2) is 5.12 Å². The van der Waals surface area contributed by atoms with E-state index in [1.165, 1.54) is 11.0 Å². The van der Waals surface area contributed by atoms with E-state index in [1.807, 2.05) is 0 Å². The van der Waals surface area contributed by atoms with Gasteiger partial charge in [0.05, 0.1) is 5.03 Å². The Morgan fingerprint density at radius 1 is 1.47 bits per heavy atom. The number of nitrogens with zero attached hydrogens (tertiary/aromatic N) is 1. The fraction of sp³-hybridized carbons (Fsp3) is 0.545. The number of esters is 1. The molecule has 0 bridgehead atoms. The van der Waals surface area contributed by atoms with Gasteiger partial charge in [0.25, 0.3) is 5.91 Å². The van der Waals surface area contributed by atoms with E-state index in [0.717, 1.165) is 11.8 Å². The molecular formula is C11H13NO4S. The van der Waals surface area contributed by atoms with Crippen molar-refractivity contribution < 1.29 is 19.1 Å². The number of carbonyl (C=O) groups excluding carboxylic acids is 3. The first-order valence-electron chi connectivity index (χ1n) is 5.26. The van der Waals surface area contributed by atoms with Gasteiger partial charge in [-0.3, -0.25) is 14.5 Å². The van der Waals surface area contributed by atoms with Crippen molar-refractivity contribution in [3.05, 3.63) is 11.1 Å². The van der Waals surface area contributed by atoms with Gasteiger partial charge in [-0.1, -0.05) is 0 Å². The molecule has 1 fully saturated rings. The molecule has 1 unspecified atom stereocenters. The molecule has 92 valence electrons. The van der Waals surface area contributed by atoms with Crippen LogP contribution in [0.1, 0.15) is 27.2 Å². The lowest BCUT2D eigenvalue weighted by Crippen LogP contribution is -2.53. The molecule has 6 heteroatoms. The SMILES string of the molecule is CC(C)(C)OC(=O)C1CC(=O)SC2=CC(=O)N21. The summed E-state index contributed by atoms with van der Waals surface area (Å²) in [5.41, 5.74) is -0.623. The summed E-state index contributed by atoms with van der Waals surface area (Å²) in [6, 6.07) is -0.796. The predicted octanol–water partition coefficient (Wildman–Crippen LogP) is 1.04. The highest BCUT2D eigenvalue weighted by atomic mass is 32.2. The molecule has 0 aromatic carbocycles. The molecule has 2 rings (SSSR count). The number of hydrogen-bond acceptors (Lipinski definition) is 5. The van der Waals surface area contributed by atoms with E-state index in [4.69, 9.17) is 4.74 Å². The molecule has 0 aromatic heterocycles. The molecule has 0 saturated carbocycles. The molecule has 0 aromatic rings. The summed E-state index contributed by atoms with van der Waals surface area (Å²) in [6.07, 6.45) is 1.38. The minimum atomic E-state index is -0.796. The van der Waals surface area contributed by atoms with Crippen molar-refractivity contribution in [3.63, 3.8) is 0 Å². The van der Waals surface area contributed by atoms with Crippen molar-refractivity contribution in [2.24, 2.45) is 0 Å². The van der Waals surface area contributed by atoms with Crippen LogP contribution in [-0.2, 0) is 19.1 Å². The maximum absolute atomic E-state index is 11.9. The van der Waals surface area contributed by atoms with Crippen LogP contribution in [0.5, 0.6) is 0 Å². The molecule has 1 saturated heterocycles. The summed E-state index contributed by atoms with van der Waals surface area (Å²) < 4.78 is 5.20. The zero-order valence-corrected chi connectivity index (χ0v) is 10.7. The number of thioether (sulfide) groups is 1. The molecule has 0 radical (unpaired) electrons. The highest BCUT2D eigenvalue weighted by molar-refractivity contribution is 8.17. The van der Waals surface area contributed by atoms with E-state index in [-0.39, 0.29) is 17.4 Å². The second kappa shape index (κ2) is 3.87. The zero-order valence-electron chi connectivity index (χ0n) is 9.85. The van der Waals surface area contributed by atoms with E-state index in [0.29, 0.717) is 5.03 Å². The molecule has 0 spiro atoms. The van der Waals surface area contributed by atoms with Gasteiger partial charge < -0.3 is 4.74 Å². The molecular weight excluding hydrogens is 242 g/mol. The van der Waals surface area contributed by atoms with Gasteiger partial charge in [0.1, 0.15) is 11.6 Å². The lowest BCUT2D eigenvalue weighted by atomic mass is 10.1. The van der Waals surface area contributed by atoms with Crippen LogP contribution in [0.15, 0.2) is 11.1 Å². The summed E-state index contributed by atoms with van der Waals surface area (Å²) in [7, 11) is 0. The highest BCUT2D eigenvalue weighted by Crippen LogP contribution is 2.38. The molecule has 2 heterocycles. The van der Waals surface area contributed by atoms with Gasteiger partial charge in [-0.05, 0) is 32.5 Å². The van der Waals surface area contributed by atoms with Crippen LogP contribution in [0, 0.1) is 0 Å². The average molecular weight is 255 g/mol. The zero-order chi connectivity index (χ0) is 12.8. The van der Waals surface area contributed by atoms with Gasteiger partial charge in [0, 0.05) is 12.5 Å². The van der Waals surface area contributed by atoms with Crippen LogP contribution in [0.4, 0.5) is 0 Å². The van der Waals surface area contributed by atoms with Gasteiger partial charge in [-0.2, -0.15) is 0 Å². The molecule has 5 nitrogen and oxygen atoms in total. The van der Waals surface area contributed by atoms with E-state index in [1.54, 1.807) is 20.8 Å². The Balaban J connectivity index is 2.15. The minimum Gasteiger partial charge on any atom is -0.458 e. The van der Waals surface area contributed by atoms with Gasteiger partial charge >= 0.3 is 5.97 Å². The highest BCUT2D eigenvalue weighted by Gasteiger charge is 2.45. The Bertz CT molecular complexity index is 435. The number of carbonyl (C=O) groups is 3. The van der Waals surface area contributed by atoms with Crippen molar-refractivity contribution in [1.29, 1.82) is 0 Å². The van der Waals surface area contributed by atoms with Crippen LogP contribution < -0.4 is 0 Å². The number of fused-ring (bicyclic) bond motifs is 1. The number of hydrogen-bond donors (Lipinski definition) is 0. The lowest BCUT2D eigenvalue weighted by molar-refractivity contribution is -0.164. The first-order chi connectivity index (χ1) is 7.78. The van der Waals surface area contributed by atoms with Crippen molar-refractivity contribution in [3.8, 4) is 0 Å². The first-order valence-corrected chi connectivity index (χ1v) is 6.08. The summed E-state index contributed by atoms with van der Waals surface area (Å²) in [4.78, 5) is 36.0. The normalized spacial score (nSPS) is 23.8. The monoisotopic (exact) mass is 255 g/mol. The largest absolute Gasteiger partial charge is 0.458 e. The summed E-state index contributed by atoms with van der Waals surface area (Å²) >= 11 is 0.999. The Morgan fingerprint density at radius 2 is 2.12 bits per heavy atom. The van der Waals surface area contributed by atoms with E-state index in [9.17, 15) is 14.4 Å². The topological polar surface area (TPSA) is 63.7 Å². The second-order valence-corrected chi connectivity index (χ2v) is 6.00. The van der Waals surface area contributed by atoms with Crippen LogP contribution in [0.25, 0.3) is 0 Å². The quantitative estimate of drug-likeness (QED) is 0.655. The fourth-order valence-electron chi connectivity index (χ4n) is 1.64. The molecule has 2 aliphatic heterocycles. The van der Waals surface area contributed by atoms with Crippen molar-refractivity contribution in [2.45, 2.75) is 38.8 Å². The fourth-order valence-corrected chi connectivity index (χ4v) is 2.59. The number of ether oxygens (including phenoxy) is 1. The third-order valence-corrected chi connectivity index (χ3v) is 3.21. The van der Waals surface area contributed by atoms with Gasteiger partial charge in [-0.25, -0.2) is 4.79 Å². The van der Waals surface area contributed by atoms with Crippen LogP contribution >= 0.6 is 11.8 Å². The third-order valence-electron chi connectivity index (χ3n) is 2.29. The van der Waals surface area contributed by atoms with E-state index >= 15 is 0 Å². The molecule has 2 aliphatic rings. The number of rotatable bonds is 1. The first kappa shape index (κ1) is 12.2. The Morgan fingerprint density at radius 3 is 2.65 bits per heavy atom. The smallest absolute Gasteiger partial charge is 0.330 e. The Hall–Kier alpha value is -1.30. The van der Waals surface area contributed by atoms with Gasteiger partial charge in [-0.15, -0.1) is 0 Å². The van der Waals surface area contributed by atoms with Crippen LogP contribution in [0.2, 0.25) is 0 Å². The molecule has 1 amide bonds. The Labute approximate surface area is 103 Å². The maximum atomic E-state index is 11.9. The van der Waals surface area contributed by atoms with Crippen LogP contribution in [-0.4, -0.2) is 33.5 Å². The summed E-state index contributed by atoms with van der Waals surface area (Å²) in [5, 5.41) is 0.429. The third kappa shape index (κ3) is 2.36. The molecule has 0 aliphatic carbocycles. The molecule has 1 atom stereocenters. The van der Waals surface area contributed by atoms with Crippen molar-refractivity contribution >= 4 is 28.8 Å². The summed E-state index contributed by atoms with van der Waals surface area (Å²) in [6.45, 7) is 5.25. The second-order valence-electron chi connectivity index (χ2n) is 4.92. The summed E-state index contributed by atoms with van der Waals surface area (Å²) in [5.74, 6) is -0.763. The Kier molecular flexibility index (Phi) is 2.77. The van der Waals surface area contributed by atoms with E-state index < -0.39 is 17.6 Å². The molecule has 17 heavy (non-hydrogen) atoms. The van der Waals surface area contributed by atoms with E-state index in [2.05, 4.69) is 0 Å². The predicted molar refractivity (Wildman–Crippen MR) is 61.8 cm³/mol. The van der Waals surface area contributed by atoms with Gasteiger partial charge in [0.2, 0.25) is 0 Å². The lowest BCUT2D eigenvalue weighted by Gasteiger charge is -2.39. The average Bonchev–Trinajstić information content (AvgIpc) is 2.12.